The molecule has 4 rings (SSSR count). The number of carbonyl (C=O) groups excluding carboxylic acids is 1. The third-order valence-electron chi connectivity index (χ3n) is 5.70. The molecule has 2 heterocycles. The summed E-state index contributed by atoms with van der Waals surface area (Å²) in [5, 5.41) is 16.2. The Labute approximate surface area is 207 Å². The molecule has 4 aromatic rings. The topological polar surface area (TPSA) is 94.2 Å². The number of amides is 1. The van der Waals surface area contributed by atoms with Crippen LogP contribution in [-0.2, 0) is 11.3 Å². The SMILES string of the molecule is Cc1cc(C)n(CCN(C(=O)C=Cc2cccc([N+](=O)[O-])c2)c2nc3c(C(C)C)cccc3s2)n1. The number of fused-ring (bicyclic) bond motifs is 1. The molecular formula is C26H27N5O3S. The molecule has 35 heavy (non-hydrogen) atoms. The van der Waals surface area contributed by atoms with E-state index in [1.54, 1.807) is 23.1 Å². The molecule has 0 aliphatic carbocycles. The van der Waals surface area contributed by atoms with E-state index in [0.717, 1.165) is 27.2 Å². The van der Waals surface area contributed by atoms with Crippen molar-refractivity contribution in [1.29, 1.82) is 0 Å². The number of non-ortho nitro benzene ring substituents is 1. The van der Waals surface area contributed by atoms with Crippen LogP contribution in [-0.4, -0.2) is 32.1 Å². The van der Waals surface area contributed by atoms with Gasteiger partial charge < -0.3 is 0 Å². The molecule has 0 unspecified atom stereocenters. The van der Waals surface area contributed by atoms with Crippen LogP contribution in [0.5, 0.6) is 0 Å². The summed E-state index contributed by atoms with van der Waals surface area (Å²) in [7, 11) is 0. The number of thiazole rings is 1. The predicted molar refractivity (Wildman–Crippen MR) is 140 cm³/mol. The van der Waals surface area contributed by atoms with Crippen molar-refractivity contribution in [3.8, 4) is 0 Å². The van der Waals surface area contributed by atoms with Crippen molar-refractivity contribution in [3.63, 3.8) is 0 Å². The summed E-state index contributed by atoms with van der Waals surface area (Å²) >= 11 is 1.48. The quantitative estimate of drug-likeness (QED) is 0.175. The van der Waals surface area contributed by atoms with E-state index < -0.39 is 4.92 Å². The van der Waals surface area contributed by atoms with Crippen molar-refractivity contribution in [2.45, 2.75) is 40.2 Å². The fraction of sp³-hybridized carbons (Fsp3) is 0.269. The van der Waals surface area contributed by atoms with Crippen LogP contribution in [0.1, 0.15) is 42.3 Å². The third-order valence-corrected chi connectivity index (χ3v) is 6.74. The number of anilines is 1. The molecular weight excluding hydrogens is 462 g/mol. The molecule has 1 amide bonds. The monoisotopic (exact) mass is 489 g/mol. The summed E-state index contributed by atoms with van der Waals surface area (Å²) in [6, 6.07) is 14.3. The maximum Gasteiger partial charge on any atom is 0.270 e. The van der Waals surface area contributed by atoms with E-state index in [0.29, 0.717) is 29.7 Å². The minimum absolute atomic E-state index is 0.0200. The maximum absolute atomic E-state index is 13.4. The van der Waals surface area contributed by atoms with Crippen molar-refractivity contribution < 1.29 is 9.72 Å². The van der Waals surface area contributed by atoms with E-state index in [1.165, 1.54) is 29.5 Å². The van der Waals surface area contributed by atoms with Crippen LogP contribution in [0, 0.1) is 24.0 Å². The zero-order valence-corrected chi connectivity index (χ0v) is 21.0. The highest BCUT2D eigenvalue weighted by Gasteiger charge is 2.20. The predicted octanol–water partition coefficient (Wildman–Crippen LogP) is 5.89. The molecule has 0 N–H and O–H groups in total. The molecule has 180 valence electrons. The molecule has 9 heteroatoms. The zero-order valence-electron chi connectivity index (χ0n) is 20.1. The Morgan fingerprint density at radius 3 is 2.66 bits per heavy atom. The van der Waals surface area contributed by atoms with Crippen LogP contribution in [0.2, 0.25) is 0 Å². The van der Waals surface area contributed by atoms with E-state index in [1.807, 2.05) is 36.7 Å². The lowest BCUT2D eigenvalue weighted by Crippen LogP contribution is -2.33. The van der Waals surface area contributed by atoms with Gasteiger partial charge in [-0.25, -0.2) is 4.98 Å². The largest absolute Gasteiger partial charge is 0.283 e. The standard InChI is InChI=1S/C26H27N5O3S/c1-17(2)22-9-6-10-23-25(22)27-26(35-23)29(13-14-30-19(4)15-18(3)28-30)24(32)12-11-20-7-5-8-21(16-20)31(33)34/h5-12,15-17H,13-14H2,1-4H3. The second-order valence-corrected chi connectivity index (χ2v) is 9.68. The van der Waals surface area contributed by atoms with Crippen LogP contribution in [0.15, 0.2) is 54.6 Å². The Hall–Kier alpha value is -3.85. The van der Waals surface area contributed by atoms with E-state index >= 15 is 0 Å². The average Bonchev–Trinajstić information content (AvgIpc) is 3.39. The van der Waals surface area contributed by atoms with Gasteiger partial charge in [0.25, 0.3) is 11.6 Å². The van der Waals surface area contributed by atoms with Crippen molar-refractivity contribution in [1.82, 2.24) is 14.8 Å². The first-order valence-electron chi connectivity index (χ1n) is 11.4. The van der Waals surface area contributed by atoms with Gasteiger partial charge in [-0.2, -0.15) is 5.10 Å². The normalized spacial score (nSPS) is 11.6. The highest BCUT2D eigenvalue weighted by molar-refractivity contribution is 7.22. The van der Waals surface area contributed by atoms with Gasteiger partial charge in [0.2, 0.25) is 0 Å². The van der Waals surface area contributed by atoms with Gasteiger partial charge in [-0.1, -0.05) is 49.4 Å². The van der Waals surface area contributed by atoms with Crippen LogP contribution < -0.4 is 4.90 Å². The van der Waals surface area contributed by atoms with Gasteiger partial charge in [0.05, 0.1) is 27.4 Å². The molecule has 0 spiro atoms. The van der Waals surface area contributed by atoms with Crippen molar-refractivity contribution in [2.24, 2.45) is 0 Å². The molecule has 0 bridgehead atoms. The number of nitro benzene ring substituents is 1. The lowest BCUT2D eigenvalue weighted by Gasteiger charge is -2.18. The molecule has 2 aromatic heterocycles. The van der Waals surface area contributed by atoms with Crippen molar-refractivity contribution >= 4 is 44.4 Å². The lowest BCUT2D eigenvalue weighted by molar-refractivity contribution is -0.384. The Bertz CT molecular complexity index is 1420. The Balaban J connectivity index is 1.67. The van der Waals surface area contributed by atoms with Crippen LogP contribution in [0.25, 0.3) is 16.3 Å². The molecule has 0 atom stereocenters. The van der Waals surface area contributed by atoms with Gasteiger partial charge in [-0.3, -0.25) is 24.5 Å². The van der Waals surface area contributed by atoms with Crippen LogP contribution in [0.4, 0.5) is 10.8 Å². The fourth-order valence-corrected chi connectivity index (χ4v) is 4.97. The second-order valence-electron chi connectivity index (χ2n) is 8.67. The van der Waals surface area contributed by atoms with Gasteiger partial charge in [0, 0.05) is 30.4 Å². The first-order chi connectivity index (χ1) is 16.7. The lowest BCUT2D eigenvalue weighted by atomic mass is 10.0. The molecule has 0 fully saturated rings. The molecule has 0 radical (unpaired) electrons. The van der Waals surface area contributed by atoms with E-state index in [2.05, 4.69) is 25.0 Å². The molecule has 8 nitrogen and oxygen atoms in total. The molecule has 0 aliphatic heterocycles. The first-order valence-corrected chi connectivity index (χ1v) is 12.2. The minimum Gasteiger partial charge on any atom is -0.283 e. The van der Waals surface area contributed by atoms with Crippen LogP contribution >= 0.6 is 11.3 Å². The number of aromatic nitrogens is 3. The number of hydrogen-bond donors (Lipinski definition) is 0. The van der Waals surface area contributed by atoms with Gasteiger partial charge >= 0.3 is 0 Å². The molecule has 0 aliphatic rings. The highest BCUT2D eigenvalue weighted by atomic mass is 32.1. The number of aryl methyl sites for hydroxylation is 2. The van der Waals surface area contributed by atoms with Crippen molar-refractivity contribution in [2.75, 3.05) is 11.4 Å². The fourth-order valence-electron chi connectivity index (χ4n) is 3.94. The minimum atomic E-state index is -0.451. The zero-order chi connectivity index (χ0) is 25.1. The molecule has 2 aromatic carbocycles. The van der Waals surface area contributed by atoms with Gasteiger partial charge in [-0.05, 0) is 49.1 Å². The average molecular weight is 490 g/mol. The van der Waals surface area contributed by atoms with Gasteiger partial charge in [-0.15, -0.1) is 0 Å². The third kappa shape index (κ3) is 5.46. The van der Waals surface area contributed by atoms with E-state index in [4.69, 9.17) is 4.98 Å². The first kappa shape index (κ1) is 24.3. The maximum atomic E-state index is 13.4. The van der Waals surface area contributed by atoms with E-state index in [9.17, 15) is 14.9 Å². The van der Waals surface area contributed by atoms with Gasteiger partial charge in [0.15, 0.2) is 5.13 Å². The number of para-hydroxylation sites is 1. The summed E-state index contributed by atoms with van der Waals surface area (Å²) in [5.74, 6) is 0.0597. The number of carbonyl (C=O) groups is 1. The summed E-state index contributed by atoms with van der Waals surface area (Å²) in [4.78, 5) is 30.5. The number of nitrogens with zero attached hydrogens (tertiary/aromatic N) is 5. The number of hydrogen-bond acceptors (Lipinski definition) is 6. The second kappa shape index (κ2) is 10.2. The Morgan fingerprint density at radius 2 is 1.97 bits per heavy atom. The Morgan fingerprint density at radius 1 is 1.20 bits per heavy atom. The molecule has 0 saturated heterocycles. The van der Waals surface area contributed by atoms with Gasteiger partial charge in [0.1, 0.15) is 0 Å². The molecule has 0 saturated carbocycles. The smallest absolute Gasteiger partial charge is 0.270 e. The number of benzene rings is 2. The van der Waals surface area contributed by atoms with E-state index in [-0.39, 0.29) is 11.6 Å². The number of nitro groups is 1. The van der Waals surface area contributed by atoms with Crippen LogP contribution in [0.3, 0.4) is 0 Å². The summed E-state index contributed by atoms with van der Waals surface area (Å²) < 4.78 is 2.91. The summed E-state index contributed by atoms with van der Waals surface area (Å²) in [6.07, 6.45) is 3.04. The Kier molecular flexibility index (Phi) is 7.07. The highest BCUT2D eigenvalue weighted by Crippen LogP contribution is 2.33. The van der Waals surface area contributed by atoms with Crippen molar-refractivity contribution in [3.05, 3.63) is 87.2 Å². The summed E-state index contributed by atoms with van der Waals surface area (Å²) in [5.41, 5.74) is 4.56. The number of rotatable bonds is 8. The summed E-state index contributed by atoms with van der Waals surface area (Å²) in [6.45, 7) is 9.08.